The summed E-state index contributed by atoms with van der Waals surface area (Å²) in [5.74, 6) is 3.90. The van der Waals surface area contributed by atoms with Crippen molar-refractivity contribution >= 4 is 0 Å². The maximum absolute atomic E-state index is 2.41. The highest BCUT2D eigenvalue weighted by atomic mass is 15.1. The Morgan fingerprint density at radius 3 is 2.33 bits per heavy atom. The molecule has 1 aliphatic carbocycles. The molecular formula is C11H23N. The lowest BCUT2D eigenvalue weighted by Gasteiger charge is -2.10. The lowest BCUT2D eigenvalue weighted by molar-refractivity contribution is 0.355. The van der Waals surface area contributed by atoms with Crippen molar-refractivity contribution in [1.29, 1.82) is 0 Å². The van der Waals surface area contributed by atoms with Crippen molar-refractivity contribution in [2.45, 2.75) is 27.2 Å². The molecule has 1 saturated carbocycles. The second-order valence-electron chi connectivity index (χ2n) is 4.75. The van der Waals surface area contributed by atoms with Crippen LogP contribution in [0.15, 0.2) is 0 Å². The highest BCUT2D eigenvalue weighted by Crippen LogP contribution is 2.51. The van der Waals surface area contributed by atoms with Crippen molar-refractivity contribution < 1.29 is 0 Å². The molecule has 0 amide bonds. The van der Waals surface area contributed by atoms with Crippen molar-refractivity contribution in [3.63, 3.8) is 0 Å². The first-order chi connectivity index (χ1) is 5.57. The van der Waals surface area contributed by atoms with Crippen LogP contribution in [-0.4, -0.2) is 25.5 Å². The van der Waals surface area contributed by atoms with Crippen LogP contribution in [0.2, 0.25) is 0 Å². The zero-order valence-corrected chi connectivity index (χ0v) is 9.17. The van der Waals surface area contributed by atoms with Gasteiger partial charge in [0.1, 0.15) is 0 Å². The van der Waals surface area contributed by atoms with Crippen LogP contribution in [0.5, 0.6) is 0 Å². The zero-order chi connectivity index (χ0) is 9.30. The van der Waals surface area contributed by atoms with Gasteiger partial charge >= 0.3 is 0 Å². The van der Waals surface area contributed by atoms with E-state index in [-0.39, 0.29) is 0 Å². The Labute approximate surface area is 77.1 Å². The molecule has 1 nitrogen and oxygen atoms in total. The van der Waals surface area contributed by atoms with E-state index < -0.39 is 0 Å². The molecule has 0 radical (unpaired) electrons. The molecule has 0 spiro atoms. The molecule has 1 fully saturated rings. The maximum Gasteiger partial charge on any atom is 0.000907 e. The van der Waals surface area contributed by atoms with Crippen LogP contribution in [0.1, 0.15) is 27.2 Å². The first kappa shape index (κ1) is 10.0. The molecule has 4 unspecified atom stereocenters. The average Bonchev–Trinajstić information content (AvgIpc) is 2.59. The van der Waals surface area contributed by atoms with E-state index in [1.807, 2.05) is 0 Å². The fourth-order valence-corrected chi connectivity index (χ4v) is 2.50. The number of nitrogens with zero attached hydrogens (tertiary/aromatic N) is 1. The summed E-state index contributed by atoms with van der Waals surface area (Å²) in [6, 6.07) is 0. The Morgan fingerprint density at radius 2 is 1.92 bits per heavy atom. The number of hydrogen-bond acceptors (Lipinski definition) is 1. The van der Waals surface area contributed by atoms with Crippen LogP contribution in [0.4, 0.5) is 0 Å². The highest BCUT2D eigenvalue weighted by Gasteiger charge is 2.48. The second-order valence-corrected chi connectivity index (χ2v) is 4.75. The van der Waals surface area contributed by atoms with Gasteiger partial charge in [0.25, 0.3) is 0 Å². The molecule has 4 atom stereocenters. The Morgan fingerprint density at radius 1 is 1.33 bits per heavy atom. The minimum atomic E-state index is 0.935. The van der Waals surface area contributed by atoms with Gasteiger partial charge in [-0.25, -0.2) is 0 Å². The lowest BCUT2D eigenvalue weighted by Crippen LogP contribution is -2.16. The van der Waals surface area contributed by atoms with Gasteiger partial charge in [0.2, 0.25) is 0 Å². The Bertz CT molecular complexity index is 142. The second kappa shape index (κ2) is 3.78. The Kier molecular flexibility index (Phi) is 3.16. The Hall–Kier alpha value is -0.0400. The molecule has 12 heavy (non-hydrogen) atoms. The third kappa shape index (κ3) is 2.01. The lowest BCUT2D eigenvalue weighted by atomic mass is 10.0. The van der Waals surface area contributed by atoms with Crippen LogP contribution in [0.3, 0.4) is 0 Å². The summed E-state index contributed by atoms with van der Waals surface area (Å²) in [5, 5.41) is 0. The quantitative estimate of drug-likeness (QED) is 0.625. The van der Waals surface area contributed by atoms with Crippen molar-refractivity contribution in [3.8, 4) is 0 Å². The third-order valence-corrected chi connectivity index (χ3v) is 3.51. The minimum absolute atomic E-state index is 0.935. The van der Waals surface area contributed by atoms with Gasteiger partial charge in [0.15, 0.2) is 0 Å². The summed E-state index contributed by atoms with van der Waals surface area (Å²) in [5.41, 5.74) is 0. The zero-order valence-electron chi connectivity index (χ0n) is 9.17. The van der Waals surface area contributed by atoms with E-state index in [1.165, 1.54) is 13.0 Å². The molecule has 72 valence electrons. The number of rotatable bonds is 4. The monoisotopic (exact) mass is 169 g/mol. The molecular weight excluding hydrogens is 146 g/mol. The molecule has 0 heterocycles. The molecule has 1 heteroatoms. The topological polar surface area (TPSA) is 3.24 Å². The van der Waals surface area contributed by atoms with Crippen LogP contribution < -0.4 is 0 Å². The van der Waals surface area contributed by atoms with Gasteiger partial charge in [0.05, 0.1) is 0 Å². The van der Waals surface area contributed by atoms with E-state index in [4.69, 9.17) is 0 Å². The first-order valence-electron chi connectivity index (χ1n) is 5.22. The summed E-state index contributed by atoms with van der Waals surface area (Å²) in [4.78, 5) is 2.32. The van der Waals surface area contributed by atoms with Crippen molar-refractivity contribution in [2.24, 2.45) is 23.7 Å². The summed E-state index contributed by atoms with van der Waals surface area (Å²) in [6.07, 6.45) is 1.35. The van der Waals surface area contributed by atoms with Crippen LogP contribution in [-0.2, 0) is 0 Å². The summed E-state index contributed by atoms with van der Waals surface area (Å²) >= 11 is 0. The van der Waals surface area contributed by atoms with Gasteiger partial charge in [-0.2, -0.15) is 0 Å². The van der Waals surface area contributed by atoms with Crippen LogP contribution >= 0.6 is 0 Å². The van der Waals surface area contributed by atoms with Crippen LogP contribution in [0.25, 0.3) is 0 Å². The molecule has 0 aromatic rings. The minimum Gasteiger partial charge on any atom is -0.309 e. The van der Waals surface area contributed by atoms with E-state index in [0.29, 0.717) is 0 Å². The fraction of sp³-hybridized carbons (Fsp3) is 1.00. The molecule has 0 saturated heterocycles. The van der Waals surface area contributed by atoms with Gasteiger partial charge in [-0.05, 0) is 37.8 Å². The molecule has 0 aromatic carbocycles. The van der Waals surface area contributed by atoms with E-state index in [2.05, 4.69) is 39.8 Å². The predicted octanol–water partition coefficient (Wildman–Crippen LogP) is 2.48. The largest absolute Gasteiger partial charge is 0.309 e. The number of hydrogen-bond donors (Lipinski definition) is 0. The van der Waals surface area contributed by atoms with Gasteiger partial charge in [-0.15, -0.1) is 0 Å². The van der Waals surface area contributed by atoms with Crippen molar-refractivity contribution in [3.05, 3.63) is 0 Å². The normalized spacial score (nSPS) is 37.0. The summed E-state index contributed by atoms with van der Waals surface area (Å²) < 4.78 is 0. The van der Waals surface area contributed by atoms with Gasteiger partial charge < -0.3 is 4.90 Å². The Balaban J connectivity index is 2.32. The SMILES string of the molecule is CCC(C)C1C(C)C1CN(C)C. The van der Waals surface area contributed by atoms with E-state index >= 15 is 0 Å². The molecule has 0 N–H and O–H groups in total. The molecule has 1 aliphatic rings. The molecule has 1 rings (SSSR count). The molecule has 0 aromatic heterocycles. The summed E-state index contributed by atoms with van der Waals surface area (Å²) in [6.45, 7) is 8.40. The maximum atomic E-state index is 2.41. The van der Waals surface area contributed by atoms with E-state index in [1.54, 1.807) is 0 Å². The van der Waals surface area contributed by atoms with Gasteiger partial charge in [0, 0.05) is 6.54 Å². The van der Waals surface area contributed by atoms with Crippen molar-refractivity contribution in [2.75, 3.05) is 20.6 Å². The smallest absolute Gasteiger partial charge is 0.000907 e. The summed E-state index contributed by atoms with van der Waals surface area (Å²) in [7, 11) is 4.36. The van der Waals surface area contributed by atoms with Gasteiger partial charge in [-0.3, -0.25) is 0 Å². The molecule has 0 aliphatic heterocycles. The highest BCUT2D eigenvalue weighted by molar-refractivity contribution is 4.97. The first-order valence-corrected chi connectivity index (χ1v) is 5.22. The third-order valence-electron chi connectivity index (χ3n) is 3.51. The van der Waals surface area contributed by atoms with E-state index in [0.717, 1.165) is 23.7 Å². The average molecular weight is 169 g/mol. The standard InChI is InChI=1S/C11H23N/c1-6-8(2)11-9(3)10(11)7-12(4)5/h8-11H,6-7H2,1-5H3. The predicted molar refractivity (Wildman–Crippen MR) is 54.2 cm³/mol. The van der Waals surface area contributed by atoms with Crippen LogP contribution in [0, 0.1) is 23.7 Å². The van der Waals surface area contributed by atoms with E-state index in [9.17, 15) is 0 Å². The van der Waals surface area contributed by atoms with Gasteiger partial charge in [-0.1, -0.05) is 27.2 Å². The fourth-order valence-electron chi connectivity index (χ4n) is 2.50. The van der Waals surface area contributed by atoms with Crippen molar-refractivity contribution in [1.82, 2.24) is 4.90 Å². The molecule has 0 bridgehead atoms.